The van der Waals surface area contributed by atoms with Gasteiger partial charge in [0.2, 0.25) is 0 Å². The van der Waals surface area contributed by atoms with Crippen molar-refractivity contribution >= 4 is 17.9 Å². The third kappa shape index (κ3) is 2.57. The fourth-order valence-electron chi connectivity index (χ4n) is 1.23. The standard InChI is InChI=1S/C10H9NO6/c1-4-8(17-5(2)12)7(10(15)16)6(3-11-4)9(13)14/h3H,1-2H3,(H,13,14)(H,15,16). The van der Waals surface area contributed by atoms with E-state index in [1.165, 1.54) is 6.92 Å². The Morgan fingerprint density at radius 1 is 1.24 bits per heavy atom. The predicted octanol–water partition coefficient (Wildman–Crippen LogP) is 0.712. The van der Waals surface area contributed by atoms with Gasteiger partial charge in [0.1, 0.15) is 5.56 Å². The lowest BCUT2D eigenvalue weighted by molar-refractivity contribution is -0.131. The summed E-state index contributed by atoms with van der Waals surface area (Å²) in [6.07, 6.45) is 0.911. The van der Waals surface area contributed by atoms with Gasteiger partial charge in [-0.3, -0.25) is 9.78 Å². The molecule has 0 atom stereocenters. The summed E-state index contributed by atoms with van der Waals surface area (Å²) < 4.78 is 4.68. The SMILES string of the molecule is CC(=O)Oc1c(C)ncc(C(=O)O)c1C(=O)O. The van der Waals surface area contributed by atoms with Crippen LogP contribution in [0.15, 0.2) is 6.20 Å². The van der Waals surface area contributed by atoms with E-state index in [1.807, 2.05) is 0 Å². The van der Waals surface area contributed by atoms with Crippen molar-refractivity contribution in [2.75, 3.05) is 0 Å². The number of hydrogen-bond acceptors (Lipinski definition) is 5. The average molecular weight is 239 g/mol. The molecule has 0 aromatic carbocycles. The first-order chi connectivity index (χ1) is 7.84. The lowest BCUT2D eigenvalue weighted by atomic mass is 10.1. The smallest absolute Gasteiger partial charge is 0.340 e. The van der Waals surface area contributed by atoms with Gasteiger partial charge in [0.05, 0.1) is 11.3 Å². The molecule has 0 aliphatic heterocycles. The molecule has 1 aromatic rings. The van der Waals surface area contributed by atoms with Crippen molar-refractivity contribution in [2.45, 2.75) is 13.8 Å². The number of esters is 1. The molecule has 1 rings (SSSR count). The molecule has 0 saturated heterocycles. The van der Waals surface area contributed by atoms with Gasteiger partial charge in [0.15, 0.2) is 5.75 Å². The van der Waals surface area contributed by atoms with E-state index in [0.29, 0.717) is 0 Å². The number of aryl methyl sites for hydroxylation is 1. The minimum absolute atomic E-state index is 0.127. The second kappa shape index (κ2) is 4.60. The average Bonchev–Trinajstić information content (AvgIpc) is 2.19. The summed E-state index contributed by atoms with van der Waals surface area (Å²) in [6.45, 7) is 2.49. The van der Waals surface area contributed by atoms with Gasteiger partial charge < -0.3 is 14.9 Å². The van der Waals surface area contributed by atoms with Crippen LogP contribution in [0.25, 0.3) is 0 Å². The first kappa shape index (κ1) is 12.6. The molecule has 7 nitrogen and oxygen atoms in total. The van der Waals surface area contributed by atoms with Crippen LogP contribution < -0.4 is 4.74 Å². The van der Waals surface area contributed by atoms with E-state index in [0.717, 1.165) is 13.1 Å². The molecule has 17 heavy (non-hydrogen) atoms. The van der Waals surface area contributed by atoms with Crippen LogP contribution in [-0.4, -0.2) is 33.1 Å². The summed E-state index contributed by atoms with van der Waals surface area (Å²) in [7, 11) is 0. The monoisotopic (exact) mass is 239 g/mol. The van der Waals surface area contributed by atoms with Gasteiger partial charge in [-0.25, -0.2) is 9.59 Å². The molecular weight excluding hydrogens is 230 g/mol. The maximum Gasteiger partial charge on any atom is 0.340 e. The zero-order chi connectivity index (χ0) is 13.2. The Labute approximate surface area is 95.7 Å². The Balaban J connectivity index is 3.54. The number of hydrogen-bond donors (Lipinski definition) is 2. The Hall–Kier alpha value is -2.44. The van der Waals surface area contributed by atoms with Crippen molar-refractivity contribution in [3.8, 4) is 5.75 Å². The molecule has 7 heteroatoms. The highest BCUT2D eigenvalue weighted by Gasteiger charge is 2.24. The van der Waals surface area contributed by atoms with E-state index in [9.17, 15) is 14.4 Å². The third-order valence-corrected chi connectivity index (χ3v) is 1.90. The molecule has 0 unspecified atom stereocenters. The first-order valence-electron chi connectivity index (χ1n) is 4.49. The first-order valence-corrected chi connectivity index (χ1v) is 4.49. The molecule has 1 aromatic heterocycles. The molecule has 90 valence electrons. The molecule has 0 radical (unpaired) electrons. The number of nitrogens with zero attached hydrogens (tertiary/aromatic N) is 1. The lowest BCUT2D eigenvalue weighted by Crippen LogP contribution is -2.15. The quantitative estimate of drug-likeness (QED) is 0.746. The molecule has 0 fully saturated rings. The highest BCUT2D eigenvalue weighted by Crippen LogP contribution is 2.25. The van der Waals surface area contributed by atoms with E-state index in [-0.39, 0.29) is 11.4 Å². The summed E-state index contributed by atoms with van der Waals surface area (Å²) in [6, 6.07) is 0. The van der Waals surface area contributed by atoms with E-state index in [2.05, 4.69) is 9.72 Å². The highest BCUT2D eigenvalue weighted by atomic mass is 16.5. The minimum atomic E-state index is -1.50. The number of carbonyl (C=O) groups excluding carboxylic acids is 1. The van der Waals surface area contributed by atoms with E-state index >= 15 is 0 Å². The van der Waals surface area contributed by atoms with Crippen molar-refractivity contribution in [3.05, 3.63) is 23.0 Å². The maximum absolute atomic E-state index is 11.0. The second-order valence-corrected chi connectivity index (χ2v) is 3.17. The van der Waals surface area contributed by atoms with E-state index in [4.69, 9.17) is 10.2 Å². The topological polar surface area (TPSA) is 114 Å². The Kier molecular flexibility index (Phi) is 3.42. The van der Waals surface area contributed by atoms with Crippen molar-refractivity contribution in [1.82, 2.24) is 4.98 Å². The lowest BCUT2D eigenvalue weighted by Gasteiger charge is -2.10. The van der Waals surface area contributed by atoms with E-state index < -0.39 is 29.0 Å². The van der Waals surface area contributed by atoms with Crippen molar-refractivity contribution < 1.29 is 29.3 Å². The summed E-state index contributed by atoms with van der Waals surface area (Å²) in [5.41, 5.74) is -0.984. The van der Waals surface area contributed by atoms with Crippen molar-refractivity contribution in [2.24, 2.45) is 0 Å². The number of carbonyl (C=O) groups is 3. The zero-order valence-electron chi connectivity index (χ0n) is 9.05. The summed E-state index contributed by atoms with van der Waals surface area (Å²) in [5, 5.41) is 17.8. The number of aromatic carboxylic acids is 2. The molecule has 0 saturated carbocycles. The van der Waals surface area contributed by atoms with Gasteiger partial charge in [-0.2, -0.15) is 0 Å². The molecule has 0 bridgehead atoms. The summed E-state index contributed by atoms with van der Waals surface area (Å²) in [5.74, 6) is -4.04. The zero-order valence-corrected chi connectivity index (χ0v) is 9.05. The number of ether oxygens (including phenoxy) is 1. The van der Waals surface area contributed by atoms with E-state index in [1.54, 1.807) is 0 Å². The second-order valence-electron chi connectivity index (χ2n) is 3.17. The fraction of sp³-hybridized carbons (Fsp3) is 0.200. The van der Waals surface area contributed by atoms with Gasteiger partial charge in [-0.1, -0.05) is 0 Å². The molecule has 0 aliphatic rings. The Morgan fingerprint density at radius 3 is 2.24 bits per heavy atom. The van der Waals surface area contributed by atoms with Crippen molar-refractivity contribution in [1.29, 1.82) is 0 Å². The molecule has 1 heterocycles. The molecule has 2 N–H and O–H groups in total. The maximum atomic E-state index is 11.0. The summed E-state index contributed by atoms with van der Waals surface area (Å²) in [4.78, 5) is 36.3. The van der Waals surface area contributed by atoms with Gasteiger partial charge in [0.25, 0.3) is 0 Å². The Morgan fingerprint density at radius 2 is 1.82 bits per heavy atom. The van der Waals surface area contributed by atoms with Crippen LogP contribution in [0.4, 0.5) is 0 Å². The molecule has 0 spiro atoms. The van der Waals surface area contributed by atoms with Gasteiger partial charge >= 0.3 is 17.9 Å². The van der Waals surface area contributed by atoms with Crippen LogP contribution in [0.1, 0.15) is 33.3 Å². The van der Waals surface area contributed by atoms with Crippen LogP contribution in [0.5, 0.6) is 5.75 Å². The van der Waals surface area contributed by atoms with Crippen molar-refractivity contribution in [3.63, 3.8) is 0 Å². The fourth-order valence-corrected chi connectivity index (χ4v) is 1.23. The van der Waals surface area contributed by atoms with Gasteiger partial charge in [-0.05, 0) is 6.92 Å². The number of carboxylic acid groups (broad SMARTS) is 2. The van der Waals surface area contributed by atoms with Gasteiger partial charge in [0, 0.05) is 13.1 Å². The normalized spacial score (nSPS) is 9.76. The minimum Gasteiger partial charge on any atom is -0.478 e. The molecular formula is C10H9NO6. The predicted molar refractivity (Wildman–Crippen MR) is 54.2 cm³/mol. The van der Waals surface area contributed by atoms with Crippen LogP contribution in [0, 0.1) is 6.92 Å². The van der Waals surface area contributed by atoms with Gasteiger partial charge in [-0.15, -0.1) is 0 Å². The van der Waals surface area contributed by atoms with Crippen LogP contribution in [0.2, 0.25) is 0 Å². The number of rotatable bonds is 3. The summed E-state index contributed by atoms with van der Waals surface area (Å²) >= 11 is 0. The molecule has 0 amide bonds. The van der Waals surface area contributed by atoms with Crippen LogP contribution in [-0.2, 0) is 4.79 Å². The largest absolute Gasteiger partial charge is 0.478 e. The Bertz CT molecular complexity index is 508. The highest BCUT2D eigenvalue weighted by molar-refractivity contribution is 6.04. The number of pyridine rings is 1. The third-order valence-electron chi connectivity index (χ3n) is 1.90. The van der Waals surface area contributed by atoms with Crippen LogP contribution >= 0.6 is 0 Å². The molecule has 0 aliphatic carbocycles. The number of aromatic nitrogens is 1. The van der Waals surface area contributed by atoms with Crippen LogP contribution in [0.3, 0.4) is 0 Å². The number of carboxylic acids is 2.